The van der Waals surface area contributed by atoms with Crippen LogP contribution in [0, 0.1) is 6.92 Å². The molecule has 33 heavy (non-hydrogen) atoms. The van der Waals surface area contributed by atoms with Crippen molar-refractivity contribution in [3.05, 3.63) is 36.0 Å². The number of amides is 1. The van der Waals surface area contributed by atoms with Crippen molar-refractivity contribution in [2.45, 2.75) is 30.9 Å². The standard InChI is InChI=1S/C23H29N3O6S/c1-16-12-17(14-24-23(16)33(3,28)29)26-9-11-31-21-5-4-18(13-20(21)26)32-19-6-8-25(15-19)22(27)7-10-30-2/h4-5,12-14,19H,6-11,15H2,1-3H3. The number of sulfone groups is 1. The van der Waals surface area contributed by atoms with Crippen molar-refractivity contribution in [3.63, 3.8) is 0 Å². The fourth-order valence-electron chi connectivity index (χ4n) is 4.21. The highest BCUT2D eigenvalue weighted by atomic mass is 32.2. The van der Waals surface area contributed by atoms with E-state index in [9.17, 15) is 13.2 Å². The lowest BCUT2D eigenvalue weighted by Gasteiger charge is -2.32. The van der Waals surface area contributed by atoms with Crippen molar-refractivity contribution >= 4 is 27.1 Å². The summed E-state index contributed by atoms with van der Waals surface area (Å²) in [5, 5.41) is 0.0858. The topological polar surface area (TPSA) is 98.3 Å². The molecule has 1 aromatic heterocycles. The highest BCUT2D eigenvalue weighted by Gasteiger charge is 2.28. The van der Waals surface area contributed by atoms with Crippen molar-refractivity contribution in [2.24, 2.45) is 0 Å². The summed E-state index contributed by atoms with van der Waals surface area (Å²) in [6.45, 7) is 4.48. The predicted molar refractivity (Wildman–Crippen MR) is 123 cm³/mol. The lowest BCUT2D eigenvalue weighted by Crippen LogP contribution is -2.31. The Morgan fingerprint density at radius 2 is 2.09 bits per heavy atom. The number of nitrogens with zero attached hydrogens (tertiary/aromatic N) is 3. The van der Waals surface area contributed by atoms with Gasteiger partial charge < -0.3 is 24.0 Å². The lowest BCUT2D eigenvalue weighted by molar-refractivity contribution is -0.131. The van der Waals surface area contributed by atoms with Crippen LogP contribution >= 0.6 is 0 Å². The van der Waals surface area contributed by atoms with Gasteiger partial charge in [0.05, 0.1) is 43.7 Å². The summed E-state index contributed by atoms with van der Waals surface area (Å²) in [4.78, 5) is 20.3. The molecule has 2 aliphatic heterocycles. The number of methoxy groups -OCH3 is 1. The largest absolute Gasteiger partial charge is 0.490 e. The Bertz CT molecular complexity index is 1140. The first-order chi connectivity index (χ1) is 15.8. The number of likely N-dealkylation sites (tertiary alicyclic amines) is 1. The predicted octanol–water partition coefficient (Wildman–Crippen LogP) is 2.34. The number of pyridine rings is 1. The zero-order valence-electron chi connectivity index (χ0n) is 19.1. The van der Waals surface area contributed by atoms with Gasteiger partial charge in [0.25, 0.3) is 0 Å². The average molecular weight is 476 g/mol. The Morgan fingerprint density at radius 3 is 2.82 bits per heavy atom. The lowest BCUT2D eigenvalue weighted by atomic mass is 10.2. The zero-order valence-corrected chi connectivity index (χ0v) is 19.9. The second kappa shape index (κ2) is 9.56. The minimum atomic E-state index is -3.39. The minimum absolute atomic E-state index is 0.0772. The monoisotopic (exact) mass is 475 g/mol. The van der Waals surface area contributed by atoms with Gasteiger partial charge in [-0.05, 0) is 30.7 Å². The first-order valence-electron chi connectivity index (χ1n) is 10.9. The van der Waals surface area contributed by atoms with Crippen LogP contribution in [0.4, 0.5) is 11.4 Å². The summed E-state index contributed by atoms with van der Waals surface area (Å²) in [5.74, 6) is 1.49. The van der Waals surface area contributed by atoms with Gasteiger partial charge in [-0.2, -0.15) is 0 Å². The number of aromatic nitrogens is 1. The van der Waals surface area contributed by atoms with Crippen molar-refractivity contribution in [3.8, 4) is 11.5 Å². The van der Waals surface area contributed by atoms with Crippen LogP contribution in [0.25, 0.3) is 0 Å². The summed E-state index contributed by atoms with van der Waals surface area (Å²) in [6.07, 6.45) is 3.80. The molecule has 2 aromatic rings. The van der Waals surface area contributed by atoms with Crippen LogP contribution in [-0.2, 0) is 19.4 Å². The Kier molecular flexibility index (Phi) is 6.76. The molecule has 3 heterocycles. The van der Waals surface area contributed by atoms with Gasteiger partial charge in [-0.3, -0.25) is 4.79 Å². The molecule has 4 rings (SSSR count). The number of hydrogen-bond donors (Lipinski definition) is 0. The molecule has 1 amide bonds. The molecule has 9 nitrogen and oxygen atoms in total. The molecule has 0 bridgehead atoms. The Balaban J connectivity index is 1.51. The van der Waals surface area contributed by atoms with Gasteiger partial charge in [-0.1, -0.05) is 0 Å². The first kappa shape index (κ1) is 23.3. The van der Waals surface area contributed by atoms with E-state index in [2.05, 4.69) is 4.98 Å². The number of rotatable bonds is 7. The smallest absolute Gasteiger partial charge is 0.225 e. The maximum absolute atomic E-state index is 12.2. The molecule has 1 atom stereocenters. The SMILES string of the molecule is COCCC(=O)N1CCC(Oc2ccc3c(c2)N(c2cnc(S(C)(=O)=O)c(C)c2)CCO3)C1. The Hall–Kier alpha value is -2.85. The molecule has 1 unspecified atom stereocenters. The second-order valence-electron chi connectivity index (χ2n) is 8.33. The third-order valence-electron chi connectivity index (χ3n) is 5.79. The molecule has 1 fully saturated rings. The molecule has 0 spiro atoms. The molecule has 0 N–H and O–H groups in total. The summed E-state index contributed by atoms with van der Waals surface area (Å²) >= 11 is 0. The van der Waals surface area contributed by atoms with E-state index in [4.69, 9.17) is 14.2 Å². The first-order valence-corrected chi connectivity index (χ1v) is 12.8. The molecule has 0 radical (unpaired) electrons. The molecule has 0 saturated carbocycles. The number of aryl methyl sites for hydroxylation is 1. The van der Waals surface area contributed by atoms with Gasteiger partial charge in [-0.25, -0.2) is 13.4 Å². The van der Waals surface area contributed by atoms with E-state index < -0.39 is 9.84 Å². The summed E-state index contributed by atoms with van der Waals surface area (Å²) in [5.41, 5.74) is 2.22. The number of ether oxygens (including phenoxy) is 3. The van der Waals surface area contributed by atoms with Gasteiger partial charge >= 0.3 is 0 Å². The highest BCUT2D eigenvalue weighted by molar-refractivity contribution is 7.90. The molecular weight excluding hydrogens is 446 g/mol. The molecule has 10 heteroatoms. The van der Waals surface area contributed by atoms with Crippen molar-refractivity contribution in [1.29, 1.82) is 0 Å². The van der Waals surface area contributed by atoms with E-state index in [1.807, 2.05) is 34.1 Å². The van der Waals surface area contributed by atoms with Gasteiger partial charge in [-0.15, -0.1) is 0 Å². The van der Waals surface area contributed by atoms with Gasteiger partial charge in [0.2, 0.25) is 5.91 Å². The maximum atomic E-state index is 12.2. The van der Waals surface area contributed by atoms with E-state index in [0.717, 1.165) is 29.8 Å². The fourth-order valence-corrected chi connectivity index (χ4v) is 5.10. The van der Waals surface area contributed by atoms with E-state index >= 15 is 0 Å². The number of anilines is 2. The molecule has 2 aliphatic rings. The Labute approximate surface area is 194 Å². The molecule has 1 saturated heterocycles. The fraction of sp³-hybridized carbons (Fsp3) is 0.478. The summed E-state index contributed by atoms with van der Waals surface area (Å²) in [6, 6.07) is 7.49. The number of benzene rings is 1. The van der Waals surface area contributed by atoms with Crippen LogP contribution in [0.3, 0.4) is 0 Å². The zero-order chi connectivity index (χ0) is 23.6. The number of fused-ring (bicyclic) bond motifs is 1. The normalized spacial score (nSPS) is 18.1. The number of carbonyl (C=O) groups is 1. The van der Waals surface area contributed by atoms with Crippen molar-refractivity contribution in [1.82, 2.24) is 9.88 Å². The quantitative estimate of drug-likeness (QED) is 0.602. The average Bonchev–Trinajstić information content (AvgIpc) is 3.24. The van der Waals surface area contributed by atoms with Crippen LogP contribution in [0.15, 0.2) is 35.5 Å². The third-order valence-corrected chi connectivity index (χ3v) is 6.92. The minimum Gasteiger partial charge on any atom is -0.490 e. The molecular formula is C23H29N3O6S. The molecule has 178 valence electrons. The van der Waals surface area contributed by atoms with Crippen molar-refractivity contribution < 1.29 is 27.4 Å². The van der Waals surface area contributed by atoms with Crippen LogP contribution in [0.2, 0.25) is 0 Å². The summed E-state index contributed by atoms with van der Waals surface area (Å²) < 4.78 is 40.9. The summed E-state index contributed by atoms with van der Waals surface area (Å²) in [7, 11) is -1.80. The van der Waals surface area contributed by atoms with Crippen molar-refractivity contribution in [2.75, 3.05) is 51.1 Å². The molecule has 0 aliphatic carbocycles. The molecule has 1 aromatic carbocycles. The van der Waals surface area contributed by atoms with Gasteiger partial charge in [0.15, 0.2) is 14.9 Å². The number of carbonyl (C=O) groups excluding carboxylic acids is 1. The van der Waals surface area contributed by atoms with Crippen LogP contribution in [0.5, 0.6) is 11.5 Å². The van der Waals surface area contributed by atoms with E-state index in [1.54, 1.807) is 20.2 Å². The van der Waals surface area contributed by atoms with Gasteiger partial charge in [0, 0.05) is 32.4 Å². The van der Waals surface area contributed by atoms with Crippen LogP contribution in [-0.4, -0.2) is 76.5 Å². The third kappa shape index (κ3) is 5.22. The maximum Gasteiger partial charge on any atom is 0.225 e. The van der Waals surface area contributed by atoms with Gasteiger partial charge in [0.1, 0.15) is 24.2 Å². The number of hydrogen-bond acceptors (Lipinski definition) is 8. The highest BCUT2D eigenvalue weighted by Crippen LogP contribution is 2.40. The van der Waals surface area contributed by atoms with Crippen LogP contribution in [0.1, 0.15) is 18.4 Å². The van der Waals surface area contributed by atoms with E-state index in [0.29, 0.717) is 50.6 Å². The Morgan fingerprint density at radius 1 is 1.27 bits per heavy atom. The van der Waals surface area contributed by atoms with E-state index in [1.165, 1.54) is 0 Å². The van der Waals surface area contributed by atoms with Crippen LogP contribution < -0.4 is 14.4 Å². The van der Waals surface area contributed by atoms with E-state index in [-0.39, 0.29) is 17.0 Å². The second-order valence-corrected chi connectivity index (χ2v) is 10.3.